The largest absolute Gasteiger partial charge is 0.397 e. The topological polar surface area (TPSA) is 107 Å². The highest BCUT2D eigenvalue weighted by atomic mass is 35.5. The van der Waals surface area contributed by atoms with E-state index < -0.39 is 10.1 Å². The molecule has 0 aliphatic carbocycles. The Balaban J connectivity index is 0.000000286. The summed E-state index contributed by atoms with van der Waals surface area (Å²) in [5.74, 6) is 0.719. The minimum absolute atomic E-state index is 0.201. The summed E-state index contributed by atoms with van der Waals surface area (Å²) in [7, 11) is -3.66. The van der Waals surface area contributed by atoms with Crippen molar-refractivity contribution in [3.05, 3.63) is 23.2 Å². The van der Waals surface area contributed by atoms with Gasteiger partial charge in [0.15, 0.2) is 5.17 Å². The van der Waals surface area contributed by atoms with E-state index in [0.717, 1.165) is 18.0 Å². The van der Waals surface area contributed by atoms with Crippen LogP contribution in [0.15, 0.2) is 18.2 Å². The van der Waals surface area contributed by atoms with E-state index in [-0.39, 0.29) is 5.75 Å². The fourth-order valence-electron chi connectivity index (χ4n) is 1.44. The monoisotopic (exact) mass is 337 g/mol. The van der Waals surface area contributed by atoms with Gasteiger partial charge in [0.05, 0.1) is 22.2 Å². The number of amidine groups is 1. The van der Waals surface area contributed by atoms with Crippen molar-refractivity contribution in [2.24, 2.45) is 0 Å². The zero-order valence-electron chi connectivity index (χ0n) is 10.8. The highest BCUT2D eigenvalue weighted by Gasteiger charge is 2.22. The van der Waals surface area contributed by atoms with Crippen LogP contribution < -0.4 is 10.6 Å². The zero-order valence-corrected chi connectivity index (χ0v) is 13.2. The molecule has 112 valence electrons. The average Bonchev–Trinajstić information content (AvgIpc) is 2.75. The number of hydrogen-bond donors (Lipinski definition) is 3. The number of anilines is 2. The van der Waals surface area contributed by atoms with Crippen molar-refractivity contribution in [2.45, 2.75) is 6.92 Å². The van der Waals surface area contributed by atoms with Crippen molar-refractivity contribution >= 4 is 50.0 Å². The highest BCUT2D eigenvalue weighted by molar-refractivity contribution is 8.14. The highest BCUT2D eigenvalue weighted by Crippen LogP contribution is 2.35. The van der Waals surface area contributed by atoms with Crippen LogP contribution in [0.1, 0.15) is 6.92 Å². The minimum atomic E-state index is -3.66. The van der Waals surface area contributed by atoms with Crippen LogP contribution in [0.4, 0.5) is 11.4 Å². The number of nitrogens with one attached hydrogen (secondary N) is 1. The molecule has 1 saturated heterocycles. The van der Waals surface area contributed by atoms with Crippen LogP contribution >= 0.6 is 23.4 Å². The minimum Gasteiger partial charge on any atom is -0.397 e. The Labute approximate surface area is 127 Å². The molecule has 1 aliphatic heterocycles. The molecule has 0 saturated carbocycles. The number of para-hydroxylation sites is 1. The molecule has 0 aromatic heterocycles. The van der Waals surface area contributed by atoms with E-state index in [1.807, 2.05) is 11.0 Å². The van der Waals surface area contributed by atoms with E-state index in [4.69, 9.17) is 27.3 Å². The summed E-state index contributed by atoms with van der Waals surface area (Å²) in [6, 6.07) is 5.41. The summed E-state index contributed by atoms with van der Waals surface area (Å²) in [5, 5.41) is 8.84. The summed E-state index contributed by atoms with van der Waals surface area (Å²) < 4.78 is 26.9. The Morgan fingerprint density at radius 1 is 1.55 bits per heavy atom. The summed E-state index contributed by atoms with van der Waals surface area (Å²) >= 11 is 7.56. The second-order valence-electron chi connectivity index (χ2n) is 3.85. The molecule has 9 heteroatoms. The van der Waals surface area contributed by atoms with Gasteiger partial charge in [-0.05, 0) is 19.1 Å². The number of rotatable bonds is 2. The lowest BCUT2D eigenvalue weighted by Gasteiger charge is -2.19. The van der Waals surface area contributed by atoms with Gasteiger partial charge in [-0.2, -0.15) is 8.42 Å². The number of hydrogen-bond acceptors (Lipinski definition) is 5. The molecule has 4 N–H and O–H groups in total. The second kappa shape index (κ2) is 7.16. The molecular weight excluding hydrogens is 322 g/mol. The van der Waals surface area contributed by atoms with Crippen LogP contribution in [-0.4, -0.2) is 36.2 Å². The summed E-state index contributed by atoms with van der Waals surface area (Å²) in [5.41, 5.74) is 7.23. The van der Waals surface area contributed by atoms with E-state index in [1.165, 1.54) is 18.7 Å². The normalized spacial score (nSPS) is 14.9. The first kappa shape index (κ1) is 17.1. The van der Waals surface area contributed by atoms with Gasteiger partial charge in [-0.25, -0.2) is 0 Å². The van der Waals surface area contributed by atoms with Crippen molar-refractivity contribution in [3.8, 4) is 0 Å². The zero-order chi connectivity index (χ0) is 15.3. The van der Waals surface area contributed by atoms with Gasteiger partial charge in [0, 0.05) is 12.3 Å². The lowest BCUT2D eigenvalue weighted by Crippen LogP contribution is -2.24. The molecule has 0 spiro atoms. The Bertz CT molecular complexity index is 572. The predicted octanol–water partition coefficient (Wildman–Crippen LogP) is 2.30. The molecule has 0 amide bonds. The molecule has 1 fully saturated rings. The first-order valence-corrected chi connectivity index (χ1v) is 8.71. The maximum Gasteiger partial charge on any atom is 0.264 e. The molecule has 1 aliphatic rings. The van der Waals surface area contributed by atoms with Gasteiger partial charge in [-0.3, -0.25) is 9.96 Å². The third-order valence-corrected chi connectivity index (χ3v) is 4.37. The quantitative estimate of drug-likeness (QED) is 0.564. The van der Waals surface area contributed by atoms with E-state index in [9.17, 15) is 8.42 Å². The van der Waals surface area contributed by atoms with Gasteiger partial charge in [0.1, 0.15) is 0 Å². The first-order chi connectivity index (χ1) is 9.26. The maximum absolute atomic E-state index is 9.56. The Morgan fingerprint density at radius 2 is 2.15 bits per heavy atom. The lowest BCUT2D eigenvalue weighted by molar-refractivity contribution is 0.484. The summed E-state index contributed by atoms with van der Waals surface area (Å²) in [6.45, 7) is 2.17. The van der Waals surface area contributed by atoms with Gasteiger partial charge in [0.2, 0.25) is 0 Å². The fourth-order valence-corrected chi connectivity index (χ4v) is 2.53. The van der Waals surface area contributed by atoms with Crippen LogP contribution in [-0.2, 0) is 10.1 Å². The summed E-state index contributed by atoms with van der Waals surface area (Å²) in [4.78, 5) is 1.85. The van der Waals surface area contributed by atoms with E-state index >= 15 is 0 Å². The SMILES string of the molecule is CCS(=O)(=O)O.N=C1SCCN1c1c(N)cccc1Cl. The predicted molar refractivity (Wildman–Crippen MR) is 85.5 cm³/mol. The van der Waals surface area contributed by atoms with Crippen molar-refractivity contribution in [1.82, 2.24) is 0 Å². The number of nitrogen functional groups attached to an aromatic ring is 1. The number of nitrogens with zero attached hydrogens (tertiary/aromatic N) is 1. The molecule has 1 aromatic carbocycles. The molecule has 2 rings (SSSR count). The maximum atomic E-state index is 9.56. The molecule has 6 nitrogen and oxygen atoms in total. The van der Waals surface area contributed by atoms with Gasteiger partial charge >= 0.3 is 0 Å². The van der Waals surface area contributed by atoms with Gasteiger partial charge < -0.3 is 10.6 Å². The Kier molecular flexibility index (Phi) is 6.12. The second-order valence-corrected chi connectivity index (χ2v) is 7.09. The molecule has 20 heavy (non-hydrogen) atoms. The standard InChI is InChI=1S/C9H10ClN3S.C2H6O3S/c10-6-2-1-3-7(11)8(6)13-4-5-14-9(13)12;1-2-6(3,4)5/h1-3,12H,4-5,11H2;2H2,1H3,(H,3,4,5). The molecule has 0 bridgehead atoms. The molecule has 1 heterocycles. The van der Waals surface area contributed by atoms with Crippen molar-refractivity contribution < 1.29 is 13.0 Å². The number of halogens is 1. The summed E-state index contributed by atoms with van der Waals surface area (Å²) in [6.07, 6.45) is 0. The smallest absolute Gasteiger partial charge is 0.264 e. The number of thioether (sulfide) groups is 1. The Morgan fingerprint density at radius 3 is 2.55 bits per heavy atom. The van der Waals surface area contributed by atoms with E-state index in [1.54, 1.807) is 12.1 Å². The lowest BCUT2D eigenvalue weighted by atomic mass is 10.2. The average molecular weight is 338 g/mol. The Hall–Kier alpha value is -0.960. The van der Waals surface area contributed by atoms with Gasteiger partial charge in [0.25, 0.3) is 10.1 Å². The van der Waals surface area contributed by atoms with Gasteiger partial charge in [-0.15, -0.1) is 0 Å². The van der Waals surface area contributed by atoms with Crippen LogP contribution in [0.2, 0.25) is 5.02 Å². The molecule has 0 unspecified atom stereocenters. The fraction of sp³-hybridized carbons (Fsp3) is 0.364. The van der Waals surface area contributed by atoms with Crippen molar-refractivity contribution in [2.75, 3.05) is 28.7 Å². The molecule has 0 radical (unpaired) electrons. The van der Waals surface area contributed by atoms with Crippen LogP contribution in [0.5, 0.6) is 0 Å². The third-order valence-electron chi connectivity index (χ3n) is 2.45. The molecule has 0 atom stereocenters. The third kappa shape index (κ3) is 4.86. The van der Waals surface area contributed by atoms with E-state index in [2.05, 4.69) is 0 Å². The van der Waals surface area contributed by atoms with Crippen LogP contribution in [0.3, 0.4) is 0 Å². The molecule has 1 aromatic rings. The molecular formula is C11H16ClN3O3S2. The number of benzene rings is 1. The van der Waals surface area contributed by atoms with Crippen LogP contribution in [0, 0.1) is 5.41 Å². The van der Waals surface area contributed by atoms with Crippen molar-refractivity contribution in [3.63, 3.8) is 0 Å². The van der Waals surface area contributed by atoms with Crippen molar-refractivity contribution in [1.29, 1.82) is 5.41 Å². The number of nitrogens with two attached hydrogens (primary N) is 1. The first-order valence-electron chi connectivity index (χ1n) is 5.74. The van der Waals surface area contributed by atoms with E-state index in [0.29, 0.717) is 15.9 Å². The van der Waals surface area contributed by atoms with Gasteiger partial charge in [-0.1, -0.05) is 29.4 Å². The van der Waals surface area contributed by atoms with Crippen LogP contribution in [0.25, 0.3) is 0 Å².